The van der Waals surface area contributed by atoms with Gasteiger partial charge in [-0.25, -0.2) is 4.98 Å². The van der Waals surface area contributed by atoms with Gasteiger partial charge in [-0.05, 0) is 106 Å². The molecule has 5 N–H and O–H groups in total. The first-order valence-electron chi connectivity index (χ1n) is 17.8. The van der Waals surface area contributed by atoms with Crippen molar-refractivity contribution < 1.29 is 14.4 Å². The SMILES string of the molecule is C[C@H](NC(=O)c1ccc(N2C3CCC2CC(NC(=O)c2ccc(C(N)=O)c(NCC4CC4)c2)C3)nc1)c1ccc(N2CCN(C)CC2)cc1. The third kappa shape index (κ3) is 7.51. The zero-order chi connectivity index (χ0) is 34.1. The summed E-state index contributed by atoms with van der Waals surface area (Å²) in [4.78, 5) is 50.3. The number of carbonyl (C=O) groups excluding carboxylic acids is 3. The number of primary amides is 1. The van der Waals surface area contributed by atoms with Crippen molar-refractivity contribution in [3.8, 4) is 0 Å². The van der Waals surface area contributed by atoms with Crippen LogP contribution in [0, 0.1) is 5.92 Å². The van der Waals surface area contributed by atoms with E-state index in [9.17, 15) is 14.4 Å². The summed E-state index contributed by atoms with van der Waals surface area (Å²) in [5.41, 5.74) is 9.95. The Morgan fingerprint density at radius 3 is 2.20 bits per heavy atom. The van der Waals surface area contributed by atoms with Gasteiger partial charge in [0.1, 0.15) is 5.82 Å². The van der Waals surface area contributed by atoms with Crippen LogP contribution in [-0.4, -0.2) is 85.5 Å². The number of pyridine rings is 1. The fraction of sp³-hybridized carbons (Fsp3) is 0.474. The molecule has 11 heteroatoms. The second-order valence-electron chi connectivity index (χ2n) is 14.4. The average molecular weight is 665 g/mol. The van der Waals surface area contributed by atoms with Gasteiger partial charge in [-0.3, -0.25) is 14.4 Å². The van der Waals surface area contributed by atoms with Crippen LogP contribution in [0.15, 0.2) is 60.8 Å². The Kier molecular flexibility index (Phi) is 9.44. The van der Waals surface area contributed by atoms with Crippen LogP contribution in [0.1, 0.15) is 88.1 Å². The van der Waals surface area contributed by atoms with E-state index in [1.54, 1.807) is 24.4 Å². The predicted octanol–water partition coefficient (Wildman–Crippen LogP) is 4.18. The molecule has 0 radical (unpaired) electrons. The average Bonchev–Trinajstić information content (AvgIpc) is 3.90. The monoisotopic (exact) mass is 664 g/mol. The molecule has 11 nitrogen and oxygen atoms in total. The topological polar surface area (TPSA) is 136 Å². The number of hydrogen-bond acceptors (Lipinski definition) is 8. The maximum Gasteiger partial charge on any atom is 0.253 e. The number of piperazine rings is 1. The van der Waals surface area contributed by atoms with E-state index in [0.29, 0.717) is 28.3 Å². The van der Waals surface area contributed by atoms with E-state index >= 15 is 0 Å². The van der Waals surface area contributed by atoms with Gasteiger partial charge in [-0.1, -0.05) is 12.1 Å². The van der Waals surface area contributed by atoms with Crippen molar-refractivity contribution in [3.05, 3.63) is 83.0 Å². The molecule has 4 fully saturated rings. The zero-order valence-corrected chi connectivity index (χ0v) is 28.5. The Labute approximate surface area is 288 Å². The summed E-state index contributed by atoms with van der Waals surface area (Å²) in [5.74, 6) is 0.695. The number of carbonyl (C=O) groups is 3. The Morgan fingerprint density at radius 1 is 0.878 bits per heavy atom. The fourth-order valence-corrected chi connectivity index (χ4v) is 7.64. The van der Waals surface area contributed by atoms with Crippen molar-refractivity contribution in [1.29, 1.82) is 0 Å². The van der Waals surface area contributed by atoms with Gasteiger partial charge in [0.05, 0.1) is 17.2 Å². The van der Waals surface area contributed by atoms with E-state index in [1.807, 2.05) is 19.1 Å². The highest BCUT2D eigenvalue weighted by Gasteiger charge is 2.42. The van der Waals surface area contributed by atoms with E-state index < -0.39 is 5.91 Å². The summed E-state index contributed by atoms with van der Waals surface area (Å²) in [6.07, 6.45) is 7.76. The molecule has 4 heterocycles. The van der Waals surface area contributed by atoms with Crippen molar-refractivity contribution in [2.45, 2.75) is 69.6 Å². The summed E-state index contributed by atoms with van der Waals surface area (Å²) >= 11 is 0. The summed E-state index contributed by atoms with van der Waals surface area (Å²) in [5, 5.41) is 9.70. The fourth-order valence-electron chi connectivity index (χ4n) is 7.64. The van der Waals surface area contributed by atoms with E-state index in [-0.39, 0.29) is 36.0 Å². The summed E-state index contributed by atoms with van der Waals surface area (Å²) in [6.45, 7) is 6.96. The lowest BCUT2D eigenvalue weighted by Gasteiger charge is -2.40. The molecule has 1 aromatic heterocycles. The number of nitrogens with one attached hydrogen (secondary N) is 3. The lowest BCUT2D eigenvalue weighted by molar-refractivity contribution is 0.0922. The normalized spacial score (nSPS) is 22.8. The van der Waals surface area contributed by atoms with Gasteiger partial charge < -0.3 is 36.4 Å². The van der Waals surface area contributed by atoms with E-state index in [1.165, 1.54) is 18.5 Å². The van der Waals surface area contributed by atoms with Crippen LogP contribution in [0.2, 0.25) is 0 Å². The smallest absolute Gasteiger partial charge is 0.253 e. The molecule has 2 unspecified atom stereocenters. The van der Waals surface area contributed by atoms with Crippen molar-refractivity contribution in [3.63, 3.8) is 0 Å². The van der Waals surface area contributed by atoms with Crippen LogP contribution in [0.25, 0.3) is 0 Å². The van der Waals surface area contributed by atoms with Gasteiger partial charge in [-0.2, -0.15) is 0 Å². The number of fused-ring (bicyclic) bond motifs is 2. The van der Waals surface area contributed by atoms with Gasteiger partial charge in [-0.15, -0.1) is 0 Å². The largest absolute Gasteiger partial charge is 0.384 e. The molecule has 7 rings (SSSR count). The standard InChI is InChI=1S/C38H48N8O3/c1-24(26-5-9-30(10-6-26)45-17-15-44(2)16-18-45)42-38(49)28-8-14-35(41-23-28)46-31-11-12-32(46)21-29(20-31)43-37(48)27-7-13-33(36(39)47)34(19-27)40-22-25-3-4-25/h5-10,13-14,19,23-25,29,31-32,40H,3-4,11-12,15-18,20-22H2,1-2H3,(H2,39,47)(H,42,49)(H,43,48)/t24-,29?,31?,32?/m0/s1. The summed E-state index contributed by atoms with van der Waals surface area (Å²) < 4.78 is 0. The molecule has 3 atom stereocenters. The third-order valence-corrected chi connectivity index (χ3v) is 10.8. The molecule has 258 valence electrons. The Hall–Kier alpha value is -4.64. The minimum absolute atomic E-state index is 0.0436. The predicted molar refractivity (Wildman–Crippen MR) is 192 cm³/mol. The number of aromatic nitrogens is 1. The Balaban J connectivity index is 0.929. The van der Waals surface area contributed by atoms with Crippen LogP contribution < -0.4 is 31.5 Å². The van der Waals surface area contributed by atoms with Gasteiger partial charge in [0.2, 0.25) is 0 Å². The van der Waals surface area contributed by atoms with Crippen molar-refractivity contribution in [2.24, 2.45) is 11.7 Å². The molecule has 3 aromatic rings. The molecule has 2 aromatic carbocycles. The van der Waals surface area contributed by atoms with Crippen LogP contribution >= 0.6 is 0 Å². The van der Waals surface area contributed by atoms with Crippen LogP contribution in [0.5, 0.6) is 0 Å². The van der Waals surface area contributed by atoms with E-state index in [2.05, 4.69) is 62.0 Å². The van der Waals surface area contributed by atoms with Crippen LogP contribution in [0.3, 0.4) is 0 Å². The van der Waals surface area contributed by atoms with Gasteiger partial charge >= 0.3 is 0 Å². The highest BCUT2D eigenvalue weighted by molar-refractivity contribution is 6.02. The molecular formula is C38H48N8O3. The number of piperidine rings is 1. The molecule has 2 bridgehead atoms. The number of rotatable bonds is 11. The number of anilines is 3. The molecule has 4 aliphatic rings. The highest BCUT2D eigenvalue weighted by atomic mass is 16.2. The van der Waals surface area contributed by atoms with Crippen LogP contribution in [-0.2, 0) is 0 Å². The second kappa shape index (κ2) is 14.1. The molecule has 0 spiro atoms. The lowest BCUT2D eigenvalue weighted by atomic mass is 9.96. The van der Waals surface area contributed by atoms with E-state index in [0.717, 1.165) is 69.8 Å². The number of nitrogens with zero attached hydrogens (tertiary/aromatic N) is 4. The molecular weight excluding hydrogens is 616 g/mol. The molecule has 3 saturated heterocycles. The van der Waals surface area contributed by atoms with Crippen molar-refractivity contribution >= 4 is 34.9 Å². The number of amides is 3. The number of hydrogen-bond donors (Lipinski definition) is 4. The maximum absolute atomic E-state index is 13.3. The molecule has 1 saturated carbocycles. The van der Waals surface area contributed by atoms with Crippen molar-refractivity contribution in [1.82, 2.24) is 20.5 Å². The minimum Gasteiger partial charge on any atom is -0.384 e. The third-order valence-electron chi connectivity index (χ3n) is 10.8. The van der Waals surface area contributed by atoms with Crippen molar-refractivity contribution in [2.75, 3.05) is 54.9 Å². The Bertz CT molecular complexity index is 1650. The summed E-state index contributed by atoms with van der Waals surface area (Å²) in [7, 11) is 2.16. The second-order valence-corrected chi connectivity index (χ2v) is 14.4. The van der Waals surface area contributed by atoms with E-state index in [4.69, 9.17) is 10.7 Å². The first-order chi connectivity index (χ1) is 23.7. The first kappa shape index (κ1) is 32.9. The first-order valence-corrected chi connectivity index (χ1v) is 17.8. The maximum atomic E-state index is 13.3. The summed E-state index contributed by atoms with van der Waals surface area (Å²) in [6, 6.07) is 17.8. The molecule has 3 amide bonds. The number of benzene rings is 2. The molecule has 1 aliphatic carbocycles. The van der Waals surface area contributed by atoms with Crippen LogP contribution in [0.4, 0.5) is 17.2 Å². The quantitative estimate of drug-likeness (QED) is 0.240. The Morgan fingerprint density at radius 2 is 1.57 bits per heavy atom. The van der Waals surface area contributed by atoms with Gasteiger partial charge in [0, 0.05) is 74.0 Å². The van der Waals surface area contributed by atoms with Gasteiger partial charge in [0.25, 0.3) is 17.7 Å². The molecule has 49 heavy (non-hydrogen) atoms. The van der Waals surface area contributed by atoms with Gasteiger partial charge in [0.15, 0.2) is 0 Å². The minimum atomic E-state index is -0.506. The zero-order valence-electron chi connectivity index (χ0n) is 28.5. The lowest BCUT2D eigenvalue weighted by Crippen LogP contribution is -2.50. The molecule has 3 aliphatic heterocycles. The number of nitrogens with two attached hydrogens (primary N) is 1. The highest BCUT2D eigenvalue weighted by Crippen LogP contribution is 2.39. The number of likely N-dealkylation sites (N-methyl/N-ethyl adjacent to an activating group) is 1.